The van der Waals surface area contributed by atoms with Gasteiger partial charge in [0, 0.05) is 12.1 Å². The van der Waals surface area contributed by atoms with Crippen LogP contribution in [0.25, 0.3) is 10.8 Å². The molecule has 3 rings (SSSR count). The smallest absolute Gasteiger partial charge is 0.329 e. The van der Waals surface area contributed by atoms with Crippen LogP contribution in [0.3, 0.4) is 0 Å². The van der Waals surface area contributed by atoms with Gasteiger partial charge >= 0.3 is 11.8 Å². The van der Waals surface area contributed by atoms with Crippen molar-refractivity contribution in [2.45, 2.75) is 6.54 Å². The Bertz CT molecular complexity index is 968. The average Bonchev–Trinajstić information content (AvgIpc) is 2.68. The van der Waals surface area contributed by atoms with E-state index in [2.05, 4.69) is 15.8 Å². The van der Waals surface area contributed by atoms with Crippen LogP contribution >= 0.6 is 0 Å². The Morgan fingerprint density at radius 1 is 0.923 bits per heavy atom. The first-order valence-corrected chi connectivity index (χ1v) is 8.01. The Kier molecular flexibility index (Phi) is 5.24. The highest BCUT2D eigenvalue weighted by molar-refractivity contribution is 6.35. The molecular formula is C20H17N3O3. The predicted octanol–water partition coefficient (Wildman–Crippen LogP) is 2.31. The summed E-state index contributed by atoms with van der Waals surface area (Å²) in [7, 11) is 0. The number of rotatable bonds is 4. The normalized spacial score (nSPS) is 10.8. The largest absolute Gasteiger partial charge is 0.507 e. The van der Waals surface area contributed by atoms with E-state index in [1.165, 1.54) is 6.21 Å². The molecule has 130 valence electrons. The molecule has 0 aliphatic rings. The summed E-state index contributed by atoms with van der Waals surface area (Å²) >= 11 is 0. The summed E-state index contributed by atoms with van der Waals surface area (Å²) in [4.78, 5) is 23.6. The number of amides is 2. The number of fused-ring (bicyclic) bond motifs is 1. The highest BCUT2D eigenvalue weighted by atomic mass is 16.3. The van der Waals surface area contributed by atoms with E-state index < -0.39 is 11.8 Å². The molecule has 0 aliphatic carbocycles. The van der Waals surface area contributed by atoms with E-state index in [9.17, 15) is 14.7 Å². The van der Waals surface area contributed by atoms with Gasteiger partial charge in [0.05, 0.1) is 6.21 Å². The Balaban J connectivity index is 1.62. The third kappa shape index (κ3) is 4.05. The monoisotopic (exact) mass is 347 g/mol. The lowest BCUT2D eigenvalue weighted by atomic mass is 10.0. The van der Waals surface area contributed by atoms with Gasteiger partial charge in [-0.2, -0.15) is 5.10 Å². The molecule has 6 nitrogen and oxygen atoms in total. The number of carbonyl (C=O) groups is 2. The maximum atomic E-state index is 11.8. The van der Waals surface area contributed by atoms with Gasteiger partial charge in [0.25, 0.3) is 0 Å². The van der Waals surface area contributed by atoms with E-state index in [1.54, 1.807) is 12.1 Å². The number of nitrogens with zero attached hydrogens (tertiary/aromatic N) is 1. The minimum absolute atomic E-state index is 0.0372. The fraction of sp³-hybridized carbons (Fsp3) is 0.0500. The predicted molar refractivity (Wildman–Crippen MR) is 99.6 cm³/mol. The molecule has 0 atom stereocenters. The van der Waals surface area contributed by atoms with Crippen molar-refractivity contribution in [1.82, 2.24) is 10.7 Å². The molecule has 0 bridgehead atoms. The maximum absolute atomic E-state index is 11.8. The fourth-order valence-electron chi connectivity index (χ4n) is 2.48. The number of aromatic hydroxyl groups is 1. The zero-order valence-electron chi connectivity index (χ0n) is 13.8. The SMILES string of the molecule is O=C(NCc1ccccc1)C(=O)N/N=C/c1c(O)ccc2ccccc12. The van der Waals surface area contributed by atoms with Gasteiger partial charge in [-0.1, -0.05) is 60.7 Å². The molecule has 0 saturated heterocycles. The van der Waals surface area contributed by atoms with Gasteiger partial charge < -0.3 is 10.4 Å². The maximum Gasteiger partial charge on any atom is 0.329 e. The molecule has 3 aromatic carbocycles. The highest BCUT2D eigenvalue weighted by Gasteiger charge is 2.12. The van der Waals surface area contributed by atoms with Crippen LogP contribution < -0.4 is 10.7 Å². The summed E-state index contributed by atoms with van der Waals surface area (Å²) in [6, 6.07) is 20.1. The summed E-state index contributed by atoms with van der Waals surface area (Å²) in [5, 5.41) is 18.0. The van der Waals surface area contributed by atoms with Gasteiger partial charge in [0.2, 0.25) is 0 Å². The number of phenols is 1. The van der Waals surface area contributed by atoms with Crippen molar-refractivity contribution in [3.8, 4) is 5.75 Å². The highest BCUT2D eigenvalue weighted by Crippen LogP contribution is 2.25. The molecule has 0 spiro atoms. The molecule has 0 fully saturated rings. The molecule has 2 amide bonds. The molecule has 26 heavy (non-hydrogen) atoms. The van der Waals surface area contributed by atoms with Crippen molar-refractivity contribution in [3.05, 3.63) is 77.9 Å². The Morgan fingerprint density at radius 3 is 2.46 bits per heavy atom. The van der Waals surface area contributed by atoms with Gasteiger partial charge in [-0.05, 0) is 22.4 Å². The van der Waals surface area contributed by atoms with E-state index >= 15 is 0 Å². The Morgan fingerprint density at radius 2 is 1.65 bits per heavy atom. The number of nitrogens with one attached hydrogen (secondary N) is 2. The lowest BCUT2D eigenvalue weighted by Crippen LogP contribution is -2.37. The number of hydrogen-bond acceptors (Lipinski definition) is 4. The van der Waals surface area contributed by atoms with Crippen molar-refractivity contribution in [2.24, 2.45) is 5.10 Å². The van der Waals surface area contributed by atoms with Crippen molar-refractivity contribution in [2.75, 3.05) is 0 Å². The molecule has 0 aliphatic heterocycles. The van der Waals surface area contributed by atoms with Crippen LogP contribution in [0.2, 0.25) is 0 Å². The third-order valence-corrected chi connectivity index (χ3v) is 3.81. The van der Waals surface area contributed by atoms with Crippen molar-refractivity contribution < 1.29 is 14.7 Å². The van der Waals surface area contributed by atoms with Crippen molar-refractivity contribution in [1.29, 1.82) is 0 Å². The molecule has 3 N–H and O–H groups in total. The number of hydrogen-bond donors (Lipinski definition) is 3. The lowest BCUT2D eigenvalue weighted by Gasteiger charge is -2.05. The molecule has 0 radical (unpaired) electrons. The summed E-state index contributed by atoms with van der Waals surface area (Å²) in [5.41, 5.74) is 3.52. The van der Waals surface area contributed by atoms with Crippen LogP contribution in [0.15, 0.2) is 71.8 Å². The third-order valence-electron chi connectivity index (χ3n) is 3.81. The molecule has 0 saturated carbocycles. The van der Waals surface area contributed by atoms with Crippen molar-refractivity contribution >= 4 is 28.8 Å². The zero-order chi connectivity index (χ0) is 18.4. The minimum atomic E-state index is -0.878. The van der Waals surface area contributed by atoms with E-state index in [1.807, 2.05) is 54.6 Å². The van der Waals surface area contributed by atoms with Crippen molar-refractivity contribution in [3.63, 3.8) is 0 Å². The van der Waals surface area contributed by atoms with Crippen LogP contribution in [-0.2, 0) is 16.1 Å². The van der Waals surface area contributed by atoms with E-state index in [4.69, 9.17) is 0 Å². The summed E-state index contributed by atoms with van der Waals surface area (Å²) in [6.45, 7) is 0.251. The van der Waals surface area contributed by atoms with Crippen LogP contribution in [0.5, 0.6) is 5.75 Å². The van der Waals surface area contributed by atoms with Gasteiger partial charge in [-0.15, -0.1) is 0 Å². The minimum Gasteiger partial charge on any atom is -0.507 e. The number of phenolic OH excluding ortho intramolecular Hbond substituents is 1. The van der Waals surface area contributed by atoms with E-state index in [-0.39, 0.29) is 12.3 Å². The molecule has 0 heterocycles. The molecule has 0 unspecified atom stereocenters. The second-order valence-corrected chi connectivity index (χ2v) is 5.59. The molecule has 3 aromatic rings. The van der Waals surface area contributed by atoms with Gasteiger partial charge in [0.15, 0.2) is 0 Å². The first-order valence-electron chi connectivity index (χ1n) is 8.01. The van der Waals surface area contributed by atoms with Gasteiger partial charge in [-0.3, -0.25) is 9.59 Å². The van der Waals surface area contributed by atoms with Crippen LogP contribution in [0.1, 0.15) is 11.1 Å². The fourth-order valence-corrected chi connectivity index (χ4v) is 2.48. The summed E-state index contributed by atoms with van der Waals surface area (Å²) in [6.07, 6.45) is 1.32. The molecule has 6 heteroatoms. The second-order valence-electron chi connectivity index (χ2n) is 5.59. The van der Waals surface area contributed by atoms with Gasteiger partial charge in [-0.25, -0.2) is 5.43 Å². The standard InChI is InChI=1S/C20H17N3O3/c24-18-11-10-15-8-4-5-9-16(15)17(18)13-22-23-20(26)19(25)21-12-14-6-2-1-3-7-14/h1-11,13,24H,12H2,(H,21,25)(H,23,26)/b22-13+. The number of carbonyl (C=O) groups excluding carboxylic acids is 2. The Hall–Kier alpha value is -3.67. The first-order chi connectivity index (χ1) is 12.6. The lowest BCUT2D eigenvalue weighted by molar-refractivity contribution is -0.139. The second kappa shape index (κ2) is 7.94. The topological polar surface area (TPSA) is 90.8 Å². The summed E-state index contributed by atoms with van der Waals surface area (Å²) in [5.74, 6) is -1.62. The zero-order valence-corrected chi connectivity index (χ0v) is 13.8. The summed E-state index contributed by atoms with van der Waals surface area (Å²) < 4.78 is 0. The molecule has 0 aromatic heterocycles. The van der Waals surface area contributed by atoms with E-state index in [0.29, 0.717) is 5.56 Å². The first kappa shape index (κ1) is 17.2. The quantitative estimate of drug-likeness (QED) is 0.384. The average molecular weight is 347 g/mol. The van der Waals surface area contributed by atoms with Crippen LogP contribution in [-0.4, -0.2) is 23.1 Å². The number of benzene rings is 3. The van der Waals surface area contributed by atoms with E-state index in [0.717, 1.165) is 16.3 Å². The Labute approximate surface area is 150 Å². The van der Waals surface area contributed by atoms with Gasteiger partial charge in [0.1, 0.15) is 5.75 Å². The van der Waals surface area contributed by atoms with Crippen LogP contribution in [0, 0.1) is 0 Å². The number of hydrazone groups is 1. The van der Waals surface area contributed by atoms with Crippen LogP contribution in [0.4, 0.5) is 0 Å². The molecular weight excluding hydrogens is 330 g/mol.